The molecule has 0 amide bonds. The normalized spacial score (nSPS) is 9.12. The van der Waals surface area contributed by atoms with Crippen LogP contribution in [0.5, 0.6) is 0 Å². The molecule has 0 fully saturated rings. The van der Waals surface area contributed by atoms with E-state index in [2.05, 4.69) is 23.3 Å². The van der Waals surface area contributed by atoms with Gasteiger partial charge < -0.3 is 0 Å². The number of hydrogen-bond donors (Lipinski definition) is 0. The van der Waals surface area contributed by atoms with E-state index in [1.807, 2.05) is 6.07 Å². The zero-order chi connectivity index (χ0) is 5.82. The summed E-state index contributed by atoms with van der Waals surface area (Å²) in [5.74, 6) is 0. The van der Waals surface area contributed by atoms with Crippen LogP contribution in [0.3, 0.4) is 0 Å². The van der Waals surface area contributed by atoms with Gasteiger partial charge >= 0.3 is 0 Å². The molecule has 0 atom stereocenters. The third-order valence-electron chi connectivity index (χ3n) is 0.975. The molecular formula is C6H7N2. The van der Waals surface area contributed by atoms with Gasteiger partial charge in [-0.2, -0.15) is 5.10 Å². The van der Waals surface area contributed by atoms with Gasteiger partial charge in [0.25, 0.3) is 0 Å². The van der Waals surface area contributed by atoms with Crippen molar-refractivity contribution < 1.29 is 0 Å². The second-order valence-corrected chi connectivity index (χ2v) is 1.52. The van der Waals surface area contributed by atoms with Crippen LogP contribution in [0.1, 0.15) is 12.5 Å². The van der Waals surface area contributed by atoms with E-state index in [-0.39, 0.29) is 0 Å². The average molecular weight is 107 g/mol. The van der Waals surface area contributed by atoms with E-state index >= 15 is 0 Å². The van der Waals surface area contributed by atoms with Gasteiger partial charge in [0.05, 0.1) is 0 Å². The summed E-state index contributed by atoms with van der Waals surface area (Å²) >= 11 is 0. The first-order valence-corrected chi connectivity index (χ1v) is 2.61. The molecule has 0 aliphatic carbocycles. The van der Waals surface area contributed by atoms with Crippen molar-refractivity contribution >= 4 is 0 Å². The fourth-order valence-electron chi connectivity index (χ4n) is 0.484. The Labute approximate surface area is 48.6 Å². The average Bonchev–Trinajstić information content (AvgIpc) is 1.90. The highest BCUT2D eigenvalue weighted by atomic mass is 15.1. The Balaban J connectivity index is 2.83. The van der Waals surface area contributed by atoms with Gasteiger partial charge in [-0.1, -0.05) is 6.92 Å². The molecule has 0 spiro atoms. The van der Waals surface area contributed by atoms with Gasteiger partial charge in [-0.05, 0) is 18.1 Å². The van der Waals surface area contributed by atoms with Crippen molar-refractivity contribution in [2.75, 3.05) is 0 Å². The van der Waals surface area contributed by atoms with Gasteiger partial charge in [-0.3, -0.25) is 0 Å². The minimum Gasteiger partial charge on any atom is -0.158 e. The van der Waals surface area contributed by atoms with Crippen molar-refractivity contribution in [3.63, 3.8) is 0 Å². The lowest BCUT2D eigenvalue weighted by molar-refractivity contribution is 0.974. The Morgan fingerprint density at radius 3 is 3.00 bits per heavy atom. The van der Waals surface area contributed by atoms with Crippen molar-refractivity contribution in [3.8, 4) is 0 Å². The van der Waals surface area contributed by atoms with Crippen LogP contribution in [0.15, 0.2) is 12.3 Å². The van der Waals surface area contributed by atoms with Crippen LogP contribution in [-0.2, 0) is 6.42 Å². The van der Waals surface area contributed by atoms with Crippen LogP contribution in [-0.4, -0.2) is 10.2 Å². The van der Waals surface area contributed by atoms with Crippen molar-refractivity contribution in [1.29, 1.82) is 0 Å². The summed E-state index contributed by atoms with van der Waals surface area (Å²) in [6, 6.07) is 1.91. The molecule has 1 aromatic heterocycles. The lowest BCUT2D eigenvalue weighted by atomic mass is 10.2. The Hall–Kier alpha value is -0.920. The molecule has 0 aromatic carbocycles. The van der Waals surface area contributed by atoms with Gasteiger partial charge in [-0.15, -0.1) is 5.10 Å². The topological polar surface area (TPSA) is 25.8 Å². The molecule has 1 heterocycles. The Kier molecular flexibility index (Phi) is 1.57. The largest absolute Gasteiger partial charge is 0.158 e. The van der Waals surface area contributed by atoms with E-state index in [0.29, 0.717) is 0 Å². The maximum Gasteiger partial charge on any atom is 0.117 e. The van der Waals surface area contributed by atoms with Crippen molar-refractivity contribution in [2.24, 2.45) is 0 Å². The predicted octanol–water partition coefficient (Wildman–Crippen LogP) is 0.839. The molecule has 8 heavy (non-hydrogen) atoms. The Morgan fingerprint density at radius 1 is 1.75 bits per heavy atom. The Bertz CT molecular complexity index is 148. The zero-order valence-electron chi connectivity index (χ0n) is 4.76. The maximum absolute atomic E-state index is 3.59. The molecule has 2 heteroatoms. The van der Waals surface area contributed by atoms with E-state index in [1.165, 1.54) is 0 Å². The van der Waals surface area contributed by atoms with Crippen LogP contribution in [0.2, 0.25) is 0 Å². The summed E-state index contributed by atoms with van der Waals surface area (Å²) in [4.78, 5) is 0. The first kappa shape index (κ1) is 5.22. The molecule has 2 nitrogen and oxygen atoms in total. The van der Waals surface area contributed by atoms with Crippen LogP contribution >= 0.6 is 0 Å². The minimum absolute atomic E-state index is 0.982. The van der Waals surface area contributed by atoms with Gasteiger partial charge in [-0.25, -0.2) is 0 Å². The van der Waals surface area contributed by atoms with Gasteiger partial charge in [0.2, 0.25) is 0 Å². The summed E-state index contributed by atoms with van der Waals surface area (Å²) in [7, 11) is 0. The lowest BCUT2D eigenvalue weighted by Crippen LogP contribution is -1.83. The highest BCUT2D eigenvalue weighted by molar-refractivity contribution is 5.02. The molecule has 0 aliphatic rings. The summed E-state index contributed by atoms with van der Waals surface area (Å²) in [5, 5.41) is 7.17. The number of aryl methyl sites for hydroxylation is 1. The van der Waals surface area contributed by atoms with E-state index in [4.69, 9.17) is 0 Å². The summed E-state index contributed by atoms with van der Waals surface area (Å²) in [6.45, 7) is 2.06. The first-order valence-electron chi connectivity index (χ1n) is 2.61. The number of nitrogens with zero attached hydrogens (tertiary/aromatic N) is 2. The van der Waals surface area contributed by atoms with Crippen molar-refractivity contribution in [2.45, 2.75) is 13.3 Å². The quantitative estimate of drug-likeness (QED) is 0.531. The van der Waals surface area contributed by atoms with E-state index in [1.54, 1.807) is 6.20 Å². The molecule has 1 aromatic rings. The molecule has 1 rings (SSSR count). The predicted molar refractivity (Wildman–Crippen MR) is 30.2 cm³/mol. The Morgan fingerprint density at radius 2 is 2.62 bits per heavy atom. The van der Waals surface area contributed by atoms with Crippen molar-refractivity contribution in [1.82, 2.24) is 10.2 Å². The molecule has 0 bridgehead atoms. The van der Waals surface area contributed by atoms with E-state index < -0.39 is 0 Å². The minimum atomic E-state index is 0.982. The lowest BCUT2D eigenvalue weighted by Gasteiger charge is -1.86. The SMILES string of the molecule is CCc1[c]nncc1. The molecule has 41 valence electrons. The zero-order valence-corrected chi connectivity index (χ0v) is 4.76. The fourth-order valence-corrected chi connectivity index (χ4v) is 0.484. The number of hydrogen-bond acceptors (Lipinski definition) is 2. The molecule has 0 N–H and O–H groups in total. The van der Waals surface area contributed by atoms with Crippen LogP contribution in [0, 0.1) is 6.20 Å². The summed E-state index contributed by atoms with van der Waals surface area (Å²) in [6.07, 6.45) is 5.41. The molecule has 1 radical (unpaired) electrons. The number of aromatic nitrogens is 2. The first-order chi connectivity index (χ1) is 3.93. The summed E-state index contributed by atoms with van der Waals surface area (Å²) in [5.41, 5.74) is 1.11. The third-order valence-corrected chi connectivity index (χ3v) is 0.975. The van der Waals surface area contributed by atoms with E-state index in [0.717, 1.165) is 12.0 Å². The van der Waals surface area contributed by atoms with Crippen molar-refractivity contribution in [3.05, 3.63) is 24.0 Å². The molecule has 0 saturated carbocycles. The summed E-state index contributed by atoms with van der Waals surface area (Å²) < 4.78 is 0. The van der Waals surface area contributed by atoms with Crippen LogP contribution in [0.25, 0.3) is 0 Å². The highest BCUT2D eigenvalue weighted by Crippen LogP contribution is 1.90. The van der Waals surface area contributed by atoms with Crippen LogP contribution < -0.4 is 0 Å². The maximum atomic E-state index is 3.59. The van der Waals surface area contributed by atoms with Crippen LogP contribution in [0.4, 0.5) is 0 Å². The highest BCUT2D eigenvalue weighted by Gasteiger charge is 1.83. The standard InChI is InChI=1S/C6H7N2/c1-2-6-3-4-7-8-5-6/h3-4H,2H2,1H3. The molecule has 0 saturated heterocycles. The van der Waals surface area contributed by atoms with Gasteiger partial charge in [0.15, 0.2) is 0 Å². The molecule has 0 unspecified atom stereocenters. The monoisotopic (exact) mass is 107 g/mol. The fraction of sp³-hybridized carbons (Fsp3) is 0.333. The second-order valence-electron chi connectivity index (χ2n) is 1.52. The molecule has 0 aliphatic heterocycles. The third kappa shape index (κ3) is 1.03. The van der Waals surface area contributed by atoms with E-state index in [9.17, 15) is 0 Å². The smallest absolute Gasteiger partial charge is 0.117 e. The van der Waals surface area contributed by atoms with Gasteiger partial charge in [0, 0.05) is 6.20 Å². The molecular weight excluding hydrogens is 100 g/mol. The number of rotatable bonds is 1. The second kappa shape index (κ2) is 2.40. The van der Waals surface area contributed by atoms with Gasteiger partial charge in [0.1, 0.15) is 6.20 Å².